The summed E-state index contributed by atoms with van der Waals surface area (Å²) in [4.78, 5) is 15.2. The molecule has 1 saturated heterocycles. The maximum atomic E-state index is 13.0. The van der Waals surface area contributed by atoms with Crippen molar-refractivity contribution in [2.45, 2.75) is 77.8 Å². The Morgan fingerprint density at radius 2 is 1.90 bits per heavy atom. The first-order valence-electron chi connectivity index (χ1n) is 8.63. The topological polar surface area (TPSA) is 32.3 Å². The van der Waals surface area contributed by atoms with E-state index in [9.17, 15) is 4.79 Å². The third kappa shape index (κ3) is 3.97. The molecule has 0 aromatic carbocycles. The number of rotatable bonds is 5. The van der Waals surface area contributed by atoms with Crippen LogP contribution < -0.4 is 5.32 Å². The van der Waals surface area contributed by atoms with Gasteiger partial charge in [0.2, 0.25) is 5.91 Å². The van der Waals surface area contributed by atoms with Gasteiger partial charge < -0.3 is 10.2 Å². The lowest BCUT2D eigenvalue weighted by molar-refractivity contribution is -0.137. The zero-order valence-electron chi connectivity index (χ0n) is 13.5. The van der Waals surface area contributed by atoms with Gasteiger partial charge in [0.25, 0.3) is 0 Å². The lowest BCUT2D eigenvalue weighted by Gasteiger charge is -2.37. The van der Waals surface area contributed by atoms with Crippen molar-refractivity contribution in [2.24, 2.45) is 11.8 Å². The normalized spacial score (nSPS) is 28.0. The van der Waals surface area contributed by atoms with Crippen molar-refractivity contribution in [3.05, 3.63) is 0 Å². The highest BCUT2D eigenvalue weighted by Crippen LogP contribution is 2.27. The maximum Gasteiger partial charge on any atom is 0.240 e. The number of nitrogens with one attached hydrogen (secondary N) is 1. The lowest BCUT2D eigenvalue weighted by atomic mass is 9.91. The second-order valence-corrected chi connectivity index (χ2v) is 7.20. The molecule has 20 heavy (non-hydrogen) atoms. The third-order valence-electron chi connectivity index (χ3n) is 5.03. The van der Waals surface area contributed by atoms with Gasteiger partial charge in [-0.2, -0.15) is 0 Å². The van der Waals surface area contributed by atoms with Gasteiger partial charge in [0.15, 0.2) is 0 Å². The molecule has 2 unspecified atom stereocenters. The Hall–Kier alpha value is -0.570. The van der Waals surface area contributed by atoms with Crippen molar-refractivity contribution in [1.82, 2.24) is 10.2 Å². The molecule has 1 saturated carbocycles. The molecule has 116 valence electrons. The molecule has 3 heteroatoms. The van der Waals surface area contributed by atoms with Gasteiger partial charge in [0.05, 0.1) is 6.04 Å². The molecule has 0 aromatic rings. The minimum atomic E-state index is 0.0662. The molecule has 2 aliphatic rings. The molecule has 1 aliphatic carbocycles. The van der Waals surface area contributed by atoms with E-state index in [1.165, 1.54) is 38.5 Å². The van der Waals surface area contributed by atoms with Crippen LogP contribution in [0, 0.1) is 11.8 Å². The zero-order chi connectivity index (χ0) is 14.5. The number of carbonyl (C=O) groups is 1. The van der Waals surface area contributed by atoms with Crippen molar-refractivity contribution in [2.75, 3.05) is 13.1 Å². The van der Waals surface area contributed by atoms with E-state index in [1.807, 2.05) is 0 Å². The third-order valence-corrected chi connectivity index (χ3v) is 5.03. The van der Waals surface area contributed by atoms with Crippen LogP contribution in [0.5, 0.6) is 0 Å². The molecule has 0 radical (unpaired) electrons. The quantitative estimate of drug-likeness (QED) is 0.839. The Morgan fingerprint density at radius 3 is 2.50 bits per heavy atom. The summed E-state index contributed by atoms with van der Waals surface area (Å²) < 4.78 is 0. The first kappa shape index (κ1) is 15.8. The fraction of sp³-hybridized carbons (Fsp3) is 0.941. The van der Waals surface area contributed by atoms with E-state index < -0.39 is 0 Å². The fourth-order valence-corrected chi connectivity index (χ4v) is 3.64. The van der Waals surface area contributed by atoms with Gasteiger partial charge in [0, 0.05) is 12.6 Å². The first-order valence-corrected chi connectivity index (χ1v) is 8.63. The average Bonchev–Trinajstić information content (AvgIpc) is 2.93. The van der Waals surface area contributed by atoms with Crippen LogP contribution in [-0.2, 0) is 4.79 Å². The van der Waals surface area contributed by atoms with E-state index in [1.54, 1.807) is 0 Å². The van der Waals surface area contributed by atoms with Crippen molar-refractivity contribution in [3.8, 4) is 0 Å². The number of hydrogen-bond acceptors (Lipinski definition) is 2. The molecule has 0 spiro atoms. The van der Waals surface area contributed by atoms with Crippen molar-refractivity contribution >= 4 is 5.91 Å². The van der Waals surface area contributed by atoms with Gasteiger partial charge in [-0.05, 0) is 50.5 Å². The van der Waals surface area contributed by atoms with E-state index >= 15 is 0 Å². The van der Waals surface area contributed by atoms with Gasteiger partial charge in [-0.1, -0.05) is 33.6 Å². The molecule has 1 N–H and O–H groups in total. The summed E-state index contributed by atoms with van der Waals surface area (Å²) >= 11 is 0. The van der Waals surface area contributed by atoms with Crippen LogP contribution in [0.1, 0.15) is 65.7 Å². The predicted octanol–water partition coefficient (Wildman–Crippen LogP) is 3.19. The van der Waals surface area contributed by atoms with E-state index in [2.05, 4.69) is 31.0 Å². The van der Waals surface area contributed by atoms with Gasteiger partial charge >= 0.3 is 0 Å². The van der Waals surface area contributed by atoms with Crippen LogP contribution in [0.25, 0.3) is 0 Å². The molecular weight excluding hydrogens is 248 g/mol. The molecule has 2 fully saturated rings. The Balaban J connectivity index is 2.01. The summed E-state index contributed by atoms with van der Waals surface area (Å²) in [7, 11) is 0. The Morgan fingerprint density at radius 1 is 1.20 bits per heavy atom. The minimum absolute atomic E-state index is 0.0662. The summed E-state index contributed by atoms with van der Waals surface area (Å²) in [5.74, 6) is 1.53. The maximum absolute atomic E-state index is 13.0. The molecule has 1 amide bonds. The monoisotopic (exact) mass is 280 g/mol. The molecule has 0 aromatic heterocycles. The Kier molecular flexibility index (Phi) is 5.88. The summed E-state index contributed by atoms with van der Waals surface area (Å²) in [6.07, 6.45) is 8.54. The Bertz CT molecular complexity index is 310. The highest BCUT2D eigenvalue weighted by molar-refractivity contribution is 5.82. The second-order valence-electron chi connectivity index (χ2n) is 7.20. The second kappa shape index (κ2) is 7.44. The summed E-state index contributed by atoms with van der Waals surface area (Å²) in [6, 6.07) is 0.577. The van der Waals surface area contributed by atoms with Gasteiger partial charge in [0.1, 0.15) is 0 Å². The van der Waals surface area contributed by atoms with E-state index in [-0.39, 0.29) is 6.04 Å². The van der Waals surface area contributed by atoms with Crippen molar-refractivity contribution in [1.29, 1.82) is 0 Å². The SMILES string of the molecule is CC(C)CCN(C(=O)C1NCCCC1C)C1CCCC1. The largest absolute Gasteiger partial charge is 0.338 e. The number of nitrogens with zero attached hydrogens (tertiary/aromatic N) is 1. The van der Waals surface area contributed by atoms with Crippen LogP contribution in [0.3, 0.4) is 0 Å². The number of piperidine rings is 1. The van der Waals surface area contributed by atoms with Crippen LogP contribution in [-0.4, -0.2) is 36.0 Å². The van der Waals surface area contributed by atoms with Crippen LogP contribution >= 0.6 is 0 Å². The van der Waals surface area contributed by atoms with Gasteiger partial charge in [-0.3, -0.25) is 4.79 Å². The van der Waals surface area contributed by atoms with Gasteiger partial charge in [-0.15, -0.1) is 0 Å². The molecule has 1 aliphatic heterocycles. The number of carbonyl (C=O) groups excluding carboxylic acids is 1. The van der Waals surface area contributed by atoms with Crippen molar-refractivity contribution < 1.29 is 4.79 Å². The lowest BCUT2D eigenvalue weighted by Crippen LogP contribution is -2.54. The van der Waals surface area contributed by atoms with E-state index in [0.29, 0.717) is 23.8 Å². The number of amides is 1. The van der Waals surface area contributed by atoms with E-state index in [4.69, 9.17) is 0 Å². The van der Waals surface area contributed by atoms with Gasteiger partial charge in [-0.25, -0.2) is 0 Å². The minimum Gasteiger partial charge on any atom is -0.338 e. The molecule has 2 atom stereocenters. The van der Waals surface area contributed by atoms with Crippen molar-refractivity contribution in [3.63, 3.8) is 0 Å². The Labute approximate surface area is 124 Å². The fourth-order valence-electron chi connectivity index (χ4n) is 3.64. The summed E-state index contributed by atoms with van der Waals surface area (Å²) in [6.45, 7) is 8.68. The summed E-state index contributed by atoms with van der Waals surface area (Å²) in [5, 5.41) is 3.47. The standard InChI is InChI=1S/C17H32N2O/c1-13(2)10-12-19(15-8-4-5-9-15)17(20)16-14(3)7-6-11-18-16/h13-16,18H,4-12H2,1-3H3. The predicted molar refractivity (Wildman–Crippen MR) is 83.6 cm³/mol. The molecular formula is C17H32N2O. The van der Waals surface area contributed by atoms with E-state index in [0.717, 1.165) is 19.5 Å². The molecule has 2 rings (SSSR count). The smallest absolute Gasteiger partial charge is 0.240 e. The number of hydrogen-bond donors (Lipinski definition) is 1. The van der Waals surface area contributed by atoms with Crippen LogP contribution in [0.2, 0.25) is 0 Å². The van der Waals surface area contributed by atoms with Crippen LogP contribution in [0.4, 0.5) is 0 Å². The molecule has 1 heterocycles. The highest BCUT2D eigenvalue weighted by Gasteiger charge is 2.34. The zero-order valence-corrected chi connectivity index (χ0v) is 13.5. The van der Waals surface area contributed by atoms with Crippen LogP contribution in [0.15, 0.2) is 0 Å². The molecule has 3 nitrogen and oxygen atoms in total. The highest BCUT2D eigenvalue weighted by atomic mass is 16.2. The first-order chi connectivity index (χ1) is 9.59. The summed E-state index contributed by atoms with van der Waals surface area (Å²) in [5.41, 5.74) is 0. The average molecular weight is 280 g/mol. The molecule has 0 bridgehead atoms.